The van der Waals surface area contributed by atoms with Crippen LogP contribution in [0.4, 0.5) is 0 Å². The third kappa shape index (κ3) is 8.02. The van der Waals surface area contributed by atoms with E-state index >= 15 is 0 Å². The molecule has 0 bridgehead atoms. The highest BCUT2D eigenvalue weighted by atomic mass is 79.9. The number of quaternary nitrogens is 1. The van der Waals surface area contributed by atoms with Gasteiger partial charge in [0.2, 0.25) is 11.2 Å². The standard InChI is InChI=1S/C35H36NO5.BrH/c1-36(2,3)21-12-22-38-35-33(37)29-17-10-11-18-30(29)41-34(35)28-19-20-31(39-24-26-13-6-4-7-14-26)32(23-28)40-25-27-15-8-5-9-16-27;/h4-11,13-20,23H,12,21-22,24-25H2,1-3H3;1H/q+1;/p-1. The number of hydrogen-bond acceptors (Lipinski definition) is 5. The van der Waals surface area contributed by atoms with Crippen LogP contribution in [0.25, 0.3) is 22.3 Å². The minimum Gasteiger partial charge on any atom is -1.00 e. The van der Waals surface area contributed by atoms with Crippen molar-refractivity contribution in [1.29, 1.82) is 0 Å². The summed E-state index contributed by atoms with van der Waals surface area (Å²) in [6.45, 7) is 2.08. The Kier molecular flexibility index (Phi) is 10.4. The van der Waals surface area contributed by atoms with E-state index in [1.165, 1.54) is 0 Å². The van der Waals surface area contributed by atoms with Crippen molar-refractivity contribution < 1.29 is 40.1 Å². The monoisotopic (exact) mass is 629 g/mol. The first-order chi connectivity index (χ1) is 19.9. The van der Waals surface area contributed by atoms with Crippen LogP contribution in [-0.4, -0.2) is 38.8 Å². The maximum Gasteiger partial charge on any atom is 0.235 e. The van der Waals surface area contributed by atoms with E-state index in [4.69, 9.17) is 18.6 Å². The lowest BCUT2D eigenvalue weighted by Crippen LogP contribution is -3.00. The van der Waals surface area contributed by atoms with Crippen LogP contribution in [0.3, 0.4) is 0 Å². The molecule has 6 nitrogen and oxygen atoms in total. The third-order valence-electron chi connectivity index (χ3n) is 6.66. The first-order valence-electron chi connectivity index (χ1n) is 13.8. The van der Waals surface area contributed by atoms with Crippen LogP contribution in [0.1, 0.15) is 17.5 Å². The van der Waals surface area contributed by atoms with Crippen molar-refractivity contribution in [3.63, 3.8) is 0 Å². The van der Waals surface area contributed by atoms with Gasteiger partial charge < -0.3 is 40.1 Å². The van der Waals surface area contributed by atoms with Gasteiger partial charge in [0.05, 0.1) is 39.7 Å². The molecule has 0 saturated heterocycles. The lowest BCUT2D eigenvalue weighted by atomic mass is 10.1. The van der Waals surface area contributed by atoms with E-state index in [9.17, 15) is 4.79 Å². The van der Waals surface area contributed by atoms with Gasteiger partial charge in [-0.15, -0.1) is 0 Å². The zero-order chi connectivity index (χ0) is 28.7. The maximum atomic E-state index is 13.6. The van der Waals surface area contributed by atoms with Gasteiger partial charge in [-0.1, -0.05) is 72.8 Å². The molecule has 7 heteroatoms. The SMILES string of the molecule is C[N+](C)(C)CCCOc1c(-c2ccc(OCc3ccccc3)c(OCc3ccccc3)c2)oc2ccccc2c1=O.[Br-]. The number of hydrogen-bond donors (Lipinski definition) is 0. The van der Waals surface area contributed by atoms with Crippen LogP contribution in [0.5, 0.6) is 17.2 Å². The summed E-state index contributed by atoms with van der Waals surface area (Å²) in [6, 6.07) is 32.8. The largest absolute Gasteiger partial charge is 1.00 e. The number of fused-ring (bicyclic) bond motifs is 1. The van der Waals surface area contributed by atoms with Gasteiger partial charge in [-0.25, -0.2) is 0 Å². The average Bonchev–Trinajstić information content (AvgIpc) is 2.99. The summed E-state index contributed by atoms with van der Waals surface area (Å²) in [4.78, 5) is 13.6. The Balaban J connectivity index is 0.00000405. The third-order valence-corrected chi connectivity index (χ3v) is 6.66. The molecule has 0 aliphatic rings. The molecule has 0 fully saturated rings. The molecule has 4 aromatic carbocycles. The molecule has 0 aliphatic heterocycles. The van der Waals surface area contributed by atoms with Gasteiger partial charge in [0.1, 0.15) is 18.8 Å². The van der Waals surface area contributed by atoms with Gasteiger partial charge in [-0.2, -0.15) is 0 Å². The highest BCUT2D eigenvalue weighted by molar-refractivity contribution is 5.82. The molecule has 1 heterocycles. The molecular weight excluding hydrogens is 594 g/mol. The van der Waals surface area contributed by atoms with E-state index in [-0.39, 0.29) is 28.2 Å². The Labute approximate surface area is 257 Å². The highest BCUT2D eigenvalue weighted by Crippen LogP contribution is 2.37. The van der Waals surface area contributed by atoms with Crippen LogP contribution < -0.4 is 36.6 Å². The van der Waals surface area contributed by atoms with Crippen LogP contribution in [0, 0.1) is 0 Å². The van der Waals surface area contributed by atoms with Crippen molar-refractivity contribution in [3.05, 3.63) is 124 Å². The van der Waals surface area contributed by atoms with E-state index in [1.807, 2.05) is 91.0 Å². The number of halogens is 1. The predicted molar refractivity (Wildman–Crippen MR) is 162 cm³/mol. The Morgan fingerprint density at radius 1 is 0.690 bits per heavy atom. The van der Waals surface area contributed by atoms with Crippen LogP contribution in [-0.2, 0) is 13.2 Å². The molecule has 5 aromatic rings. The first-order valence-corrected chi connectivity index (χ1v) is 13.8. The number of ether oxygens (including phenoxy) is 3. The van der Waals surface area contributed by atoms with Crippen molar-refractivity contribution >= 4 is 11.0 Å². The Morgan fingerprint density at radius 3 is 1.93 bits per heavy atom. The van der Waals surface area contributed by atoms with Crippen LogP contribution >= 0.6 is 0 Å². The van der Waals surface area contributed by atoms with E-state index in [0.29, 0.717) is 53.6 Å². The summed E-state index contributed by atoms with van der Waals surface area (Å²) in [6.07, 6.45) is 0.799. The molecule has 0 saturated carbocycles. The zero-order valence-electron chi connectivity index (χ0n) is 24.2. The summed E-state index contributed by atoms with van der Waals surface area (Å²) >= 11 is 0. The summed E-state index contributed by atoms with van der Waals surface area (Å²) in [7, 11) is 6.40. The number of rotatable bonds is 12. The van der Waals surface area contributed by atoms with Crippen LogP contribution in [0.15, 0.2) is 112 Å². The van der Waals surface area contributed by atoms with Gasteiger partial charge in [-0.05, 0) is 41.5 Å². The zero-order valence-corrected chi connectivity index (χ0v) is 25.8. The van der Waals surface area contributed by atoms with E-state index in [1.54, 1.807) is 12.1 Å². The van der Waals surface area contributed by atoms with Crippen molar-refractivity contribution in [2.24, 2.45) is 0 Å². The van der Waals surface area contributed by atoms with E-state index < -0.39 is 0 Å². The molecule has 0 N–H and O–H groups in total. The number of benzene rings is 4. The highest BCUT2D eigenvalue weighted by Gasteiger charge is 2.20. The second kappa shape index (κ2) is 14.2. The topological polar surface area (TPSA) is 57.9 Å². The molecule has 0 amide bonds. The van der Waals surface area contributed by atoms with Crippen LogP contribution in [0.2, 0.25) is 0 Å². The van der Waals surface area contributed by atoms with Crippen molar-refractivity contribution in [2.45, 2.75) is 19.6 Å². The fourth-order valence-electron chi connectivity index (χ4n) is 4.51. The van der Waals surface area contributed by atoms with E-state index in [2.05, 4.69) is 21.1 Å². The molecule has 42 heavy (non-hydrogen) atoms. The normalized spacial score (nSPS) is 11.1. The van der Waals surface area contributed by atoms with Gasteiger partial charge in [0.15, 0.2) is 17.3 Å². The number of para-hydroxylation sites is 1. The Bertz CT molecular complexity index is 1650. The summed E-state index contributed by atoms with van der Waals surface area (Å²) in [5.74, 6) is 1.73. The lowest BCUT2D eigenvalue weighted by Gasteiger charge is -2.23. The Morgan fingerprint density at radius 2 is 1.29 bits per heavy atom. The molecule has 0 unspecified atom stereocenters. The van der Waals surface area contributed by atoms with Crippen molar-refractivity contribution in [3.8, 4) is 28.6 Å². The fourth-order valence-corrected chi connectivity index (χ4v) is 4.51. The maximum absolute atomic E-state index is 13.6. The second-order valence-electron chi connectivity index (χ2n) is 11.0. The first kappa shape index (κ1) is 30.9. The molecule has 0 aliphatic carbocycles. The predicted octanol–water partition coefficient (Wildman–Crippen LogP) is 4.10. The average molecular weight is 631 g/mol. The molecular formula is C35H36BrNO5. The molecule has 5 rings (SSSR count). The van der Waals surface area contributed by atoms with Crippen molar-refractivity contribution in [1.82, 2.24) is 0 Å². The summed E-state index contributed by atoms with van der Waals surface area (Å²) in [5, 5.41) is 0.487. The molecule has 0 radical (unpaired) electrons. The molecule has 0 atom stereocenters. The Hall–Kier alpha value is -4.07. The van der Waals surface area contributed by atoms with Gasteiger partial charge in [0, 0.05) is 12.0 Å². The number of nitrogens with zero attached hydrogens (tertiary/aromatic N) is 1. The fraction of sp³-hybridized carbons (Fsp3) is 0.229. The smallest absolute Gasteiger partial charge is 0.235 e. The van der Waals surface area contributed by atoms with Gasteiger partial charge in [0.25, 0.3) is 0 Å². The quantitative estimate of drug-likeness (QED) is 0.154. The van der Waals surface area contributed by atoms with E-state index in [0.717, 1.165) is 28.6 Å². The molecule has 1 aromatic heterocycles. The van der Waals surface area contributed by atoms with Gasteiger partial charge >= 0.3 is 0 Å². The molecule has 218 valence electrons. The summed E-state index contributed by atoms with van der Waals surface area (Å²) in [5.41, 5.74) is 3.07. The minimum absolute atomic E-state index is 0. The molecule has 0 spiro atoms. The van der Waals surface area contributed by atoms with Crippen molar-refractivity contribution in [2.75, 3.05) is 34.3 Å². The second-order valence-corrected chi connectivity index (χ2v) is 11.0. The minimum atomic E-state index is -0.191. The van der Waals surface area contributed by atoms with Gasteiger partial charge in [-0.3, -0.25) is 4.79 Å². The summed E-state index contributed by atoms with van der Waals surface area (Å²) < 4.78 is 25.7. The lowest BCUT2D eigenvalue weighted by molar-refractivity contribution is -0.870.